The molecule has 1 atom stereocenters. The van der Waals surface area contributed by atoms with Crippen molar-refractivity contribution in [3.63, 3.8) is 0 Å². The fourth-order valence-electron chi connectivity index (χ4n) is 2.58. The molecule has 0 aliphatic heterocycles. The second kappa shape index (κ2) is 8.68. The van der Waals surface area contributed by atoms with E-state index in [0.717, 1.165) is 21.5 Å². The van der Waals surface area contributed by atoms with Crippen LogP contribution in [0.1, 0.15) is 12.5 Å². The third-order valence-corrected chi connectivity index (χ3v) is 4.84. The zero-order chi connectivity index (χ0) is 19.2. The average molecular weight is 380 g/mol. The van der Waals surface area contributed by atoms with Crippen molar-refractivity contribution in [1.29, 1.82) is 0 Å². The van der Waals surface area contributed by atoms with Gasteiger partial charge in [0.05, 0.1) is 16.3 Å². The van der Waals surface area contributed by atoms with Gasteiger partial charge < -0.3 is 10.1 Å². The van der Waals surface area contributed by atoms with E-state index in [1.165, 1.54) is 11.8 Å². The Hall–Kier alpha value is -2.86. The number of ether oxygens (including phenoxy) is 1. The summed E-state index contributed by atoms with van der Waals surface area (Å²) in [5.41, 5.74) is 2.66. The van der Waals surface area contributed by atoms with Crippen LogP contribution in [-0.2, 0) is 14.3 Å². The average Bonchev–Trinajstić information content (AvgIpc) is 2.67. The number of nitrogens with one attached hydrogen (secondary N) is 1. The van der Waals surface area contributed by atoms with Crippen LogP contribution in [0, 0.1) is 6.92 Å². The second-order valence-electron chi connectivity index (χ2n) is 6.07. The topological polar surface area (TPSA) is 68.3 Å². The number of esters is 1. The van der Waals surface area contributed by atoms with Crippen LogP contribution >= 0.6 is 11.8 Å². The zero-order valence-corrected chi connectivity index (χ0v) is 16.0. The van der Waals surface area contributed by atoms with Gasteiger partial charge in [0.25, 0.3) is 5.91 Å². The van der Waals surface area contributed by atoms with Crippen molar-refractivity contribution in [2.45, 2.75) is 25.0 Å². The van der Waals surface area contributed by atoms with Crippen LogP contribution in [0.4, 0.5) is 5.69 Å². The SMILES string of the molecule is Cc1cc(SCC(=O)O[C@H](C)C(=O)Nc2ccccc2)nc2ccccc12. The lowest BCUT2D eigenvalue weighted by atomic mass is 10.1. The molecule has 1 amide bonds. The molecule has 0 unspecified atom stereocenters. The molecule has 1 N–H and O–H groups in total. The standard InChI is InChI=1S/C21H20N2O3S/c1-14-12-19(23-18-11-7-6-10-17(14)18)27-13-20(24)26-15(2)21(25)22-16-8-4-3-5-9-16/h3-12,15H,13H2,1-2H3,(H,22,25)/t15-/m1/s1. The summed E-state index contributed by atoms with van der Waals surface area (Å²) in [7, 11) is 0. The molecule has 1 heterocycles. The minimum atomic E-state index is -0.871. The number of carbonyl (C=O) groups excluding carboxylic acids is 2. The molecule has 5 nitrogen and oxygen atoms in total. The van der Waals surface area contributed by atoms with Crippen molar-refractivity contribution in [2.24, 2.45) is 0 Å². The first-order chi connectivity index (χ1) is 13.0. The number of nitrogens with zero attached hydrogens (tertiary/aromatic N) is 1. The molecular weight excluding hydrogens is 360 g/mol. The first-order valence-electron chi connectivity index (χ1n) is 8.57. The quantitative estimate of drug-likeness (QED) is 0.513. The van der Waals surface area contributed by atoms with E-state index in [1.54, 1.807) is 19.1 Å². The van der Waals surface area contributed by atoms with Gasteiger partial charge in [-0.3, -0.25) is 9.59 Å². The lowest BCUT2D eigenvalue weighted by Crippen LogP contribution is -2.30. The molecule has 0 radical (unpaired) electrons. The van der Waals surface area contributed by atoms with E-state index in [1.807, 2.05) is 55.5 Å². The van der Waals surface area contributed by atoms with Crippen LogP contribution in [0.2, 0.25) is 0 Å². The zero-order valence-electron chi connectivity index (χ0n) is 15.1. The Morgan fingerprint density at radius 2 is 1.81 bits per heavy atom. The normalized spacial score (nSPS) is 11.8. The molecule has 0 saturated heterocycles. The maximum atomic E-state index is 12.1. The van der Waals surface area contributed by atoms with Crippen LogP contribution in [0.15, 0.2) is 65.7 Å². The number of rotatable bonds is 6. The van der Waals surface area contributed by atoms with Crippen LogP contribution in [0.3, 0.4) is 0 Å². The number of fused-ring (bicyclic) bond motifs is 1. The highest BCUT2D eigenvalue weighted by Crippen LogP contribution is 2.23. The molecule has 1 aromatic heterocycles. The van der Waals surface area contributed by atoms with Gasteiger partial charge in [0.15, 0.2) is 6.10 Å². The monoisotopic (exact) mass is 380 g/mol. The summed E-state index contributed by atoms with van der Waals surface area (Å²) in [4.78, 5) is 28.7. The summed E-state index contributed by atoms with van der Waals surface area (Å²) in [6.45, 7) is 3.57. The molecule has 0 fully saturated rings. The van der Waals surface area contributed by atoms with E-state index in [0.29, 0.717) is 5.69 Å². The number of anilines is 1. The highest BCUT2D eigenvalue weighted by Gasteiger charge is 2.18. The molecular formula is C21H20N2O3S. The number of benzene rings is 2. The van der Waals surface area contributed by atoms with Gasteiger partial charge in [0.2, 0.25) is 0 Å². The number of pyridine rings is 1. The van der Waals surface area contributed by atoms with Crippen molar-refractivity contribution < 1.29 is 14.3 Å². The molecule has 2 aromatic carbocycles. The summed E-state index contributed by atoms with van der Waals surface area (Å²) in [5, 5.41) is 4.56. The molecule has 0 aliphatic rings. The van der Waals surface area contributed by atoms with Gasteiger partial charge >= 0.3 is 5.97 Å². The Balaban J connectivity index is 1.54. The fraction of sp³-hybridized carbons (Fsp3) is 0.190. The first kappa shape index (κ1) is 18.9. The third kappa shape index (κ3) is 5.08. The molecule has 3 rings (SSSR count). The predicted octanol–water partition coefficient (Wildman–Crippen LogP) is 4.21. The van der Waals surface area contributed by atoms with E-state index in [2.05, 4.69) is 10.3 Å². The van der Waals surface area contributed by atoms with Crippen LogP contribution < -0.4 is 5.32 Å². The number of hydrogen-bond donors (Lipinski definition) is 1. The van der Waals surface area contributed by atoms with Crippen molar-refractivity contribution in [3.8, 4) is 0 Å². The van der Waals surface area contributed by atoms with Gasteiger partial charge in [0, 0.05) is 11.1 Å². The number of para-hydroxylation sites is 2. The molecule has 138 valence electrons. The predicted molar refractivity (Wildman–Crippen MR) is 108 cm³/mol. The van der Waals surface area contributed by atoms with E-state index < -0.39 is 12.1 Å². The molecule has 0 aliphatic carbocycles. The van der Waals surface area contributed by atoms with E-state index in [9.17, 15) is 9.59 Å². The van der Waals surface area contributed by atoms with Crippen molar-refractivity contribution >= 4 is 40.2 Å². The van der Waals surface area contributed by atoms with Gasteiger partial charge in [-0.2, -0.15) is 0 Å². The maximum absolute atomic E-state index is 12.1. The van der Waals surface area contributed by atoms with Gasteiger partial charge in [0.1, 0.15) is 0 Å². The molecule has 0 bridgehead atoms. The van der Waals surface area contributed by atoms with Crippen molar-refractivity contribution in [2.75, 3.05) is 11.1 Å². The van der Waals surface area contributed by atoms with E-state index in [-0.39, 0.29) is 11.7 Å². The number of aryl methyl sites for hydroxylation is 1. The Morgan fingerprint density at radius 3 is 2.59 bits per heavy atom. The number of hydrogen-bond acceptors (Lipinski definition) is 5. The molecule has 6 heteroatoms. The summed E-state index contributed by atoms with van der Waals surface area (Å²) in [6, 6.07) is 18.9. The third-order valence-electron chi connectivity index (χ3n) is 3.96. The largest absolute Gasteiger partial charge is 0.452 e. The van der Waals surface area contributed by atoms with Crippen LogP contribution in [0.5, 0.6) is 0 Å². The highest BCUT2D eigenvalue weighted by atomic mass is 32.2. The van der Waals surface area contributed by atoms with E-state index >= 15 is 0 Å². The number of thioether (sulfide) groups is 1. The fourth-order valence-corrected chi connectivity index (χ4v) is 3.33. The van der Waals surface area contributed by atoms with Crippen molar-refractivity contribution in [1.82, 2.24) is 4.98 Å². The molecule has 3 aromatic rings. The highest BCUT2D eigenvalue weighted by molar-refractivity contribution is 7.99. The van der Waals surface area contributed by atoms with Crippen molar-refractivity contribution in [3.05, 3.63) is 66.2 Å². The lowest BCUT2D eigenvalue weighted by Gasteiger charge is -2.13. The van der Waals surface area contributed by atoms with Gasteiger partial charge in [-0.25, -0.2) is 4.98 Å². The smallest absolute Gasteiger partial charge is 0.317 e. The summed E-state index contributed by atoms with van der Waals surface area (Å²) in [6.07, 6.45) is -0.871. The molecule has 27 heavy (non-hydrogen) atoms. The summed E-state index contributed by atoms with van der Waals surface area (Å²) >= 11 is 1.30. The Morgan fingerprint density at radius 1 is 1.11 bits per heavy atom. The number of carbonyl (C=O) groups is 2. The first-order valence-corrected chi connectivity index (χ1v) is 9.56. The van der Waals surface area contributed by atoms with Gasteiger partial charge in [-0.05, 0) is 43.7 Å². The summed E-state index contributed by atoms with van der Waals surface area (Å²) in [5.74, 6) is -0.726. The molecule has 0 saturated carbocycles. The minimum Gasteiger partial charge on any atom is -0.452 e. The minimum absolute atomic E-state index is 0.0910. The number of aromatic nitrogens is 1. The van der Waals surface area contributed by atoms with Gasteiger partial charge in [-0.15, -0.1) is 0 Å². The van der Waals surface area contributed by atoms with E-state index in [4.69, 9.17) is 4.74 Å². The van der Waals surface area contributed by atoms with Crippen LogP contribution in [0.25, 0.3) is 10.9 Å². The Labute approximate surface area is 162 Å². The maximum Gasteiger partial charge on any atom is 0.317 e. The number of amides is 1. The lowest BCUT2D eigenvalue weighted by molar-refractivity contribution is -0.150. The Kier molecular flexibility index (Phi) is 6.08. The second-order valence-corrected chi connectivity index (χ2v) is 7.07. The molecule has 0 spiro atoms. The van der Waals surface area contributed by atoms with Gasteiger partial charge in [-0.1, -0.05) is 48.2 Å². The summed E-state index contributed by atoms with van der Waals surface area (Å²) < 4.78 is 5.22. The Bertz CT molecular complexity index is 960. The van der Waals surface area contributed by atoms with Crippen LogP contribution in [-0.4, -0.2) is 28.7 Å².